The number of hydrogen-bond acceptors (Lipinski definition) is 9. The summed E-state index contributed by atoms with van der Waals surface area (Å²) in [6.07, 6.45) is -4.63. The molecule has 2 unspecified atom stereocenters. The molecule has 0 saturated carbocycles. The highest BCUT2D eigenvalue weighted by atomic mass is 32.2. The number of amides is 5. The molecule has 11 nitrogen and oxygen atoms in total. The quantitative estimate of drug-likeness (QED) is 0.353. The molecule has 5 rings (SSSR count). The number of nitrogens with two attached hydrogens (primary N) is 1. The van der Waals surface area contributed by atoms with Gasteiger partial charge in [-0.2, -0.15) is 18.1 Å². The van der Waals surface area contributed by atoms with Crippen molar-refractivity contribution in [3.63, 3.8) is 0 Å². The first-order valence-corrected chi connectivity index (χ1v) is 14.0. The van der Waals surface area contributed by atoms with Crippen LogP contribution in [0.25, 0.3) is 0 Å². The van der Waals surface area contributed by atoms with Crippen LogP contribution < -0.4 is 20.7 Å². The number of fused-ring (bicyclic) bond motifs is 2. The van der Waals surface area contributed by atoms with E-state index in [4.69, 9.17) is 10.5 Å². The molecule has 16 heteroatoms. The first-order chi connectivity index (χ1) is 19.8. The summed E-state index contributed by atoms with van der Waals surface area (Å²) in [6.45, 7) is 1.28. The Kier molecular flexibility index (Phi) is 7.53. The van der Waals surface area contributed by atoms with Gasteiger partial charge in [-0.05, 0) is 42.8 Å². The van der Waals surface area contributed by atoms with Gasteiger partial charge in [0.2, 0.25) is 11.8 Å². The number of aromatic hydroxyl groups is 1. The summed E-state index contributed by atoms with van der Waals surface area (Å²) in [7, 11) is 0. The molecular formula is C26H21F3N4O7S2. The number of phenols is 1. The van der Waals surface area contributed by atoms with Gasteiger partial charge in [-0.25, -0.2) is 4.79 Å². The average molecular weight is 623 g/mol. The van der Waals surface area contributed by atoms with Gasteiger partial charge in [-0.1, -0.05) is 35.2 Å². The molecule has 1 fully saturated rings. The molecule has 1 saturated heterocycles. The molecule has 4 N–H and O–H groups in total. The number of alkyl halides is 3. The number of aromatic nitrogens is 1. The SMILES string of the molecule is CCOc1cc([C@@H]2c3sc(=O)n(CC(=O)Nc4cccc(C(F)(F)F)c4)c3SC3C(=O)N(C(N)=O)C(=O)C32)ccc1O. The second kappa shape index (κ2) is 10.8. The van der Waals surface area contributed by atoms with Crippen molar-refractivity contribution in [2.75, 3.05) is 11.9 Å². The highest BCUT2D eigenvalue weighted by molar-refractivity contribution is 8.00. The van der Waals surface area contributed by atoms with Crippen LogP contribution >= 0.6 is 23.1 Å². The number of carbonyl (C=O) groups is 4. The molecule has 3 atom stereocenters. The van der Waals surface area contributed by atoms with E-state index < -0.39 is 64.0 Å². The number of imide groups is 3. The van der Waals surface area contributed by atoms with Crippen LogP contribution in [0.2, 0.25) is 0 Å². The van der Waals surface area contributed by atoms with Gasteiger partial charge < -0.3 is 20.9 Å². The largest absolute Gasteiger partial charge is 0.504 e. The number of primary amides is 1. The summed E-state index contributed by atoms with van der Waals surface area (Å²) >= 11 is 1.54. The Balaban J connectivity index is 1.55. The van der Waals surface area contributed by atoms with Crippen molar-refractivity contribution in [3.8, 4) is 11.5 Å². The minimum absolute atomic E-state index is 0.0853. The van der Waals surface area contributed by atoms with Crippen molar-refractivity contribution in [2.45, 2.75) is 35.8 Å². The van der Waals surface area contributed by atoms with Gasteiger partial charge in [0.25, 0.3) is 5.91 Å². The summed E-state index contributed by atoms with van der Waals surface area (Å²) in [5.74, 6) is -4.77. The highest BCUT2D eigenvalue weighted by Crippen LogP contribution is 2.54. The molecule has 1 aromatic heterocycles. The van der Waals surface area contributed by atoms with E-state index in [0.29, 0.717) is 26.7 Å². The minimum Gasteiger partial charge on any atom is -0.504 e. The number of anilines is 1. The Labute approximate surface area is 243 Å². The molecule has 0 aliphatic carbocycles. The Morgan fingerprint density at radius 1 is 1.12 bits per heavy atom. The van der Waals surface area contributed by atoms with E-state index >= 15 is 0 Å². The number of benzene rings is 2. The van der Waals surface area contributed by atoms with Crippen molar-refractivity contribution in [2.24, 2.45) is 11.7 Å². The van der Waals surface area contributed by atoms with Crippen molar-refractivity contribution in [1.82, 2.24) is 9.47 Å². The lowest BCUT2D eigenvalue weighted by Gasteiger charge is -2.31. The Morgan fingerprint density at radius 3 is 2.52 bits per heavy atom. The molecule has 42 heavy (non-hydrogen) atoms. The predicted octanol–water partition coefficient (Wildman–Crippen LogP) is 3.34. The molecule has 0 spiro atoms. The van der Waals surface area contributed by atoms with Gasteiger partial charge in [0.15, 0.2) is 11.5 Å². The van der Waals surface area contributed by atoms with Crippen molar-refractivity contribution < 1.29 is 42.2 Å². The molecule has 3 aromatic rings. The third-order valence-corrected chi connectivity index (χ3v) is 9.29. The van der Waals surface area contributed by atoms with E-state index in [-0.39, 0.29) is 28.8 Å². The number of phenolic OH excluding ortho intramolecular Hbond substituents is 1. The molecule has 2 aliphatic heterocycles. The normalized spacial score (nSPS) is 19.8. The average Bonchev–Trinajstić information content (AvgIpc) is 3.36. The van der Waals surface area contributed by atoms with E-state index in [1.54, 1.807) is 6.92 Å². The maximum atomic E-state index is 13.3. The lowest BCUT2D eigenvalue weighted by molar-refractivity contribution is -0.138. The van der Waals surface area contributed by atoms with Crippen LogP contribution in [-0.4, -0.2) is 50.2 Å². The fourth-order valence-electron chi connectivity index (χ4n) is 4.94. The molecule has 5 amide bonds. The van der Waals surface area contributed by atoms with E-state index in [2.05, 4.69) is 5.32 Å². The summed E-state index contributed by atoms with van der Waals surface area (Å²) in [5.41, 5.74) is 4.60. The van der Waals surface area contributed by atoms with E-state index in [0.717, 1.165) is 34.5 Å². The maximum Gasteiger partial charge on any atom is 0.416 e. The van der Waals surface area contributed by atoms with E-state index in [9.17, 15) is 42.3 Å². The van der Waals surface area contributed by atoms with Crippen molar-refractivity contribution >= 4 is 52.5 Å². The van der Waals surface area contributed by atoms with Crippen molar-refractivity contribution in [3.05, 3.63) is 68.1 Å². The number of likely N-dealkylation sites (tertiary alicyclic amines) is 1. The lowest BCUT2D eigenvalue weighted by atomic mass is 9.83. The summed E-state index contributed by atoms with van der Waals surface area (Å²) in [5, 5.41) is 11.5. The number of halogens is 3. The molecule has 2 aliphatic rings. The third-order valence-electron chi connectivity index (χ3n) is 6.69. The molecular weight excluding hydrogens is 601 g/mol. The standard InChI is InChI=1S/C26H21F3N4O7S2/c1-2-40-15-8-11(6-7-14(15)34)17-18-19(22(37)33(21(18)36)24(30)38)41-23-20(17)42-25(39)32(23)10-16(35)31-13-5-3-4-12(9-13)26(27,28)29/h3-9,17-19,34H,2,10H2,1H3,(H2,30,38)(H,31,35)/t17-,18?,19?/m0/s1. The number of urea groups is 1. The van der Waals surface area contributed by atoms with Gasteiger partial charge in [-0.15, -0.1) is 0 Å². The maximum absolute atomic E-state index is 13.3. The zero-order valence-corrected chi connectivity index (χ0v) is 23.1. The Morgan fingerprint density at radius 2 is 1.86 bits per heavy atom. The summed E-state index contributed by atoms with van der Waals surface area (Å²) in [6, 6.07) is 6.99. The number of rotatable bonds is 6. The van der Waals surface area contributed by atoms with Gasteiger partial charge in [0, 0.05) is 16.5 Å². The van der Waals surface area contributed by atoms with E-state index in [1.807, 2.05) is 0 Å². The zero-order chi connectivity index (χ0) is 30.5. The number of carbonyl (C=O) groups excluding carboxylic acids is 4. The van der Waals surface area contributed by atoms with Crippen LogP contribution in [0, 0.1) is 5.92 Å². The number of ether oxygens (including phenoxy) is 1. The number of thiazole rings is 1. The lowest BCUT2D eigenvalue weighted by Crippen LogP contribution is -2.41. The monoisotopic (exact) mass is 622 g/mol. The number of hydrogen-bond donors (Lipinski definition) is 3. The first-order valence-electron chi connectivity index (χ1n) is 12.3. The molecule has 0 radical (unpaired) electrons. The van der Waals surface area contributed by atoms with Gasteiger partial charge in [0.1, 0.15) is 11.8 Å². The second-order valence-electron chi connectivity index (χ2n) is 9.30. The molecule has 2 aromatic carbocycles. The van der Waals surface area contributed by atoms with E-state index in [1.165, 1.54) is 24.3 Å². The number of nitrogens with one attached hydrogen (secondary N) is 1. The number of thioether (sulfide) groups is 1. The van der Waals surface area contributed by atoms with Crippen LogP contribution in [-0.2, 0) is 27.1 Å². The first kappa shape index (κ1) is 29.2. The van der Waals surface area contributed by atoms with Crippen LogP contribution in [0.3, 0.4) is 0 Å². The minimum atomic E-state index is -4.63. The Hall–Kier alpha value is -4.31. The fourth-order valence-corrected chi connectivity index (χ4v) is 7.72. The topological polar surface area (TPSA) is 161 Å². The summed E-state index contributed by atoms with van der Waals surface area (Å²) < 4.78 is 45.8. The van der Waals surface area contributed by atoms with Crippen molar-refractivity contribution in [1.29, 1.82) is 0 Å². The third kappa shape index (κ3) is 5.11. The van der Waals surface area contributed by atoms with Crippen LogP contribution in [0.4, 0.5) is 23.7 Å². The van der Waals surface area contributed by atoms with Crippen LogP contribution in [0.5, 0.6) is 11.5 Å². The van der Waals surface area contributed by atoms with Gasteiger partial charge >= 0.3 is 17.1 Å². The zero-order valence-electron chi connectivity index (χ0n) is 21.5. The predicted molar refractivity (Wildman–Crippen MR) is 144 cm³/mol. The smallest absolute Gasteiger partial charge is 0.416 e. The van der Waals surface area contributed by atoms with Gasteiger partial charge in [-0.3, -0.25) is 23.7 Å². The molecule has 3 heterocycles. The van der Waals surface area contributed by atoms with Crippen LogP contribution in [0.15, 0.2) is 52.3 Å². The fraction of sp³-hybridized carbons (Fsp3) is 0.269. The van der Waals surface area contributed by atoms with Gasteiger partial charge in [0.05, 0.1) is 23.1 Å². The second-order valence-corrected chi connectivity index (χ2v) is 11.4. The molecule has 0 bridgehead atoms. The summed E-state index contributed by atoms with van der Waals surface area (Å²) in [4.78, 5) is 64.6. The highest BCUT2D eigenvalue weighted by Gasteiger charge is 2.58. The Bertz CT molecular complexity index is 1690. The number of nitrogens with zero attached hydrogens (tertiary/aromatic N) is 2. The molecule has 220 valence electrons. The van der Waals surface area contributed by atoms with Crippen LogP contribution in [0.1, 0.15) is 28.8 Å².